The van der Waals surface area contributed by atoms with Gasteiger partial charge in [-0.3, -0.25) is 0 Å². The van der Waals surface area contributed by atoms with E-state index >= 15 is 0 Å². The summed E-state index contributed by atoms with van der Waals surface area (Å²) in [7, 11) is 0.819. The fourth-order valence-corrected chi connectivity index (χ4v) is 4.67. The maximum atomic E-state index is 12.6. The van der Waals surface area contributed by atoms with Crippen LogP contribution in [0.5, 0.6) is 17.2 Å². The minimum Gasteiger partial charge on any atom is -0.493 e. The Morgan fingerprint density at radius 1 is 1.11 bits per heavy atom. The Kier molecular flexibility index (Phi) is 5.68. The van der Waals surface area contributed by atoms with Crippen molar-refractivity contribution in [2.75, 3.05) is 21.3 Å². The molecule has 10 heteroatoms. The molecule has 0 aliphatic rings. The van der Waals surface area contributed by atoms with Crippen LogP contribution in [0.1, 0.15) is 5.56 Å². The van der Waals surface area contributed by atoms with Crippen molar-refractivity contribution in [3.05, 3.63) is 41.4 Å². The number of ether oxygens (including phenoxy) is 3. The molecule has 144 valence electrons. The number of benzene rings is 1. The second kappa shape index (κ2) is 7.99. The zero-order chi connectivity index (χ0) is 19.4. The van der Waals surface area contributed by atoms with Crippen molar-refractivity contribution in [1.82, 2.24) is 9.88 Å². The van der Waals surface area contributed by atoms with Gasteiger partial charge in [0.05, 0.1) is 27.5 Å². The maximum Gasteiger partial charge on any atom is 0.250 e. The van der Waals surface area contributed by atoms with Gasteiger partial charge >= 0.3 is 0 Å². The molecule has 0 amide bonds. The Balaban J connectivity index is 1.79. The summed E-state index contributed by atoms with van der Waals surface area (Å²) < 4.78 is 48.8. The van der Waals surface area contributed by atoms with Crippen LogP contribution in [0, 0.1) is 0 Å². The van der Waals surface area contributed by atoms with Gasteiger partial charge in [-0.2, -0.15) is 0 Å². The van der Waals surface area contributed by atoms with Crippen LogP contribution in [0.15, 0.2) is 44.6 Å². The highest BCUT2D eigenvalue weighted by Crippen LogP contribution is 2.38. The van der Waals surface area contributed by atoms with Crippen LogP contribution in [-0.2, 0) is 16.6 Å². The van der Waals surface area contributed by atoms with Gasteiger partial charge in [-0.1, -0.05) is 5.16 Å². The molecule has 0 aliphatic heterocycles. The molecular weight excluding hydrogens is 392 g/mol. The van der Waals surface area contributed by atoms with Crippen LogP contribution < -0.4 is 18.9 Å². The Morgan fingerprint density at radius 2 is 1.81 bits per heavy atom. The minimum atomic E-state index is -3.69. The average molecular weight is 410 g/mol. The molecule has 2 aromatic heterocycles. The summed E-state index contributed by atoms with van der Waals surface area (Å²) in [5.74, 6) is 1.86. The van der Waals surface area contributed by atoms with Crippen molar-refractivity contribution in [3.63, 3.8) is 0 Å². The number of nitrogens with one attached hydrogen (secondary N) is 1. The number of rotatable bonds is 8. The Bertz CT molecular complexity index is 987. The Hall–Kier alpha value is -2.56. The molecule has 8 nitrogen and oxygen atoms in total. The van der Waals surface area contributed by atoms with Crippen molar-refractivity contribution in [2.45, 2.75) is 10.8 Å². The largest absolute Gasteiger partial charge is 0.493 e. The molecule has 0 aliphatic carbocycles. The third kappa shape index (κ3) is 4.07. The summed E-state index contributed by atoms with van der Waals surface area (Å²) in [6.45, 7) is 0.0641. The molecule has 0 saturated carbocycles. The molecule has 0 atom stereocenters. The van der Waals surface area contributed by atoms with Crippen LogP contribution in [0.2, 0.25) is 0 Å². The smallest absolute Gasteiger partial charge is 0.250 e. The summed E-state index contributed by atoms with van der Waals surface area (Å²) >= 11 is 1.10. The molecule has 0 fully saturated rings. The molecule has 3 rings (SSSR count). The minimum absolute atomic E-state index is 0.0641. The van der Waals surface area contributed by atoms with E-state index in [1.54, 1.807) is 29.6 Å². The highest BCUT2D eigenvalue weighted by molar-refractivity contribution is 7.91. The van der Waals surface area contributed by atoms with E-state index in [1.807, 2.05) is 0 Å². The van der Waals surface area contributed by atoms with E-state index in [0.717, 1.165) is 11.3 Å². The number of hydrogen-bond donors (Lipinski definition) is 1. The highest BCUT2D eigenvalue weighted by Gasteiger charge is 2.19. The van der Waals surface area contributed by atoms with Gasteiger partial charge in [-0.25, -0.2) is 13.1 Å². The third-order valence-corrected chi connectivity index (χ3v) is 6.59. The zero-order valence-corrected chi connectivity index (χ0v) is 16.5. The van der Waals surface area contributed by atoms with E-state index in [9.17, 15) is 8.42 Å². The van der Waals surface area contributed by atoms with Gasteiger partial charge in [0.1, 0.15) is 4.21 Å². The highest BCUT2D eigenvalue weighted by atomic mass is 32.2. The van der Waals surface area contributed by atoms with Crippen molar-refractivity contribution in [3.8, 4) is 28.6 Å². The van der Waals surface area contributed by atoms with Gasteiger partial charge in [-0.15, -0.1) is 11.3 Å². The molecule has 0 saturated heterocycles. The monoisotopic (exact) mass is 410 g/mol. The van der Waals surface area contributed by atoms with Gasteiger partial charge in [0.25, 0.3) is 0 Å². The second-order valence-corrected chi connectivity index (χ2v) is 8.29. The number of aromatic nitrogens is 1. The molecule has 2 heterocycles. The predicted octanol–water partition coefficient (Wildman–Crippen LogP) is 2.91. The van der Waals surface area contributed by atoms with Crippen molar-refractivity contribution < 1.29 is 27.2 Å². The van der Waals surface area contributed by atoms with Gasteiger partial charge in [0.2, 0.25) is 15.8 Å². The Labute approximate surface area is 160 Å². The molecule has 1 N–H and O–H groups in total. The topological polar surface area (TPSA) is 99.9 Å². The molecule has 0 bridgehead atoms. The molecule has 0 spiro atoms. The zero-order valence-electron chi connectivity index (χ0n) is 14.9. The second-order valence-electron chi connectivity index (χ2n) is 5.39. The van der Waals surface area contributed by atoms with Crippen molar-refractivity contribution in [2.24, 2.45) is 0 Å². The van der Waals surface area contributed by atoms with E-state index in [1.165, 1.54) is 27.5 Å². The fraction of sp³-hybridized carbons (Fsp3) is 0.235. The van der Waals surface area contributed by atoms with E-state index < -0.39 is 10.0 Å². The van der Waals surface area contributed by atoms with Crippen LogP contribution in [0.25, 0.3) is 11.3 Å². The van der Waals surface area contributed by atoms with Gasteiger partial charge in [-0.05, 0) is 23.8 Å². The van der Waals surface area contributed by atoms with Crippen molar-refractivity contribution in [1.29, 1.82) is 0 Å². The predicted molar refractivity (Wildman–Crippen MR) is 99.9 cm³/mol. The lowest BCUT2D eigenvalue weighted by Crippen LogP contribution is -2.22. The molecule has 3 aromatic rings. The first kappa shape index (κ1) is 19.2. The first-order chi connectivity index (χ1) is 13.0. The number of sulfonamides is 1. The average Bonchev–Trinajstić information content (AvgIpc) is 3.36. The number of methoxy groups -OCH3 is 3. The summed E-state index contributed by atoms with van der Waals surface area (Å²) in [5.41, 5.74) is 1.32. The Morgan fingerprint density at radius 3 is 2.37 bits per heavy atom. The van der Waals surface area contributed by atoms with Gasteiger partial charge in [0, 0.05) is 23.6 Å². The van der Waals surface area contributed by atoms with Crippen molar-refractivity contribution >= 4 is 21.4 Å². The van der Waals surface area contributed by atoms with Crippen LogP contribution in [-0.4, -0.2) is 34.9 Å². The SMILES string of the molecule is COc1cc(CNS(=O)(=O)c2cc(-c3ccno3)cs2)cc(OC)c1OC. The third-order valence-electron chi connectivity index (χ3n) is 3.75. The molecule has 27 heavy (non-hydrogen) atoms. The summed E-state index contributed by atoms with van der Waals surface area (Å²) in [4.78, 5) is 0. The number of hydrogen-bond acceptors (Lipinski definition) is 8. The van der Waals surface area contributed by atoms with E-state index in [-0.39, 0.29) is 10.8 Å². The normalized spacial score (nSPS) is 11.4. The van der Waals surface area contributed by atoms with Gasteiger partial charge in [0.15, 0.2) is 17.3 Å². The molecule has 0 unspecified atom stereocenters. The quantitative estimate of drug-likeness (QED) is 0.609. The molecule has 0 radical (unpaired) electrons. The molecular formula is C17H18N2O6S2. The lowest BCUT2D eigenvalue weighted by Gasteiger charge is -2.14. The lowest BCUT2D eigenvalue weighted by atomic mass is 10.2. The molecule has 1 aromatic carbocycles. The lowest BCUT2D eigenvalue weighted by molar-refractivity contribution is 0.323. The van der Waals surface area contributed by atoms with Crippen LogP contribution in [0.3, 0.4) is 0 Å². The van der Waals surface area contributed by atoms with Crippen LogP contribution >= 0.6 is 11.3 Å². The number of nitrogens with zero attached hydrogens (tertiary/aromatic N) is 1. The maximum absolute atomic E-state index is 12.6. The van der Waals surface area contributed by atoms with E-state index in [0.29, 0.717) is 34.1 Å². The van der Waals surface area contributed by atoms with E-state index in [2.05, 4.69) is 9.88 Å². The standard InChI is InChI=1S/C17H18N2O6S2/c1-22-14-6-11(7-15(23-2)17(14)24-3)9-19-27(20,21)16-8-12(10-26-16)13-4-5-18-25-13/h4-8,10,19H,9H2,1-3H3. The first-order valence-electron chi connectivity index (χ1n) is 7.76. The fourth-order valence-electron chi connectivity index (χ4n) is 2.44. The van der Waals surface area contributed by atoms with Crippen LogP contribution in [0.4, 0.5) is 0 Å². The summed E-state index contributed by atoms with van der Waals surface area (Å²) in [6.07, 6.45) is 1.50. The van der Waals surface area contributed by atoms with Gasteiger partial charge < -0.3 is 18.7 Å². The number of thiophene rings is 1. The van der Waals surface area contributed by atoms with E-state index in [4.69, 9.17) is 18.7 Å². The summed E-state index contributed by atoms with van der Waals surface area (Å²) in [6, 6.07) is 6.60. The summed E-state index contributed by atoms with van der Waals surface area (Å²) in [5, 5.41) is 5.33. The first-order valence-corrected chi connectivity index (χ1v) is 10.1.